The van der Waals surface area contributed by atoms with Gasteiger partial charge in [-0.2, -0.15) is 24.9 Å². The van der Waals surface area contributed by atoms with Gasteiger partial charge in [-0.15, -0.1) is 0 Å². The lowest BCUT2D eigenvalue weighted by molar-refractivity contribution is -0.137. The van der Waals surface area contributed by atoms with Gasteiger partial charge in [0, 0.05) is 47.6 Å². The summed E-state index contributed by atoms with van der Waals surface area (Å²) in [5.41, 5.74) is 1.39. The minimum absolute atomic E-state index is 0.195. The average molecular weight is 432 g/mol. The van der Waals surface area contributed by atoms with E-state index in [1.807, 2.05) is 6.92 Å². The van der Waals surface area contributed by atoms with Crippen LogP contribution in [0.2, 0.25) is 0 Å². The number of benzene rings is 1. The van der Waals surface area contributed by atoms with Crippen LogP contribution in [0.25, 0.3) is 11.0 Å². The van der Waals surface area contributed by atoms with Gasteiger partial charge in [0.2, 0.25) is 0 Å². The molecule has 1 aliphatic heterocycles. The standard InChI is InChI=1S/C21H19F3N4OS/c1-13-5-6-16-18(27-15-4-2-3-14(11-15)21(22,23)24)17(12-25-19(16)26-13)20(29)28-7-9-30-10-8-28/h2-6,11-12H,7-10H2,1H3,(H,25,26,27). The zero-order valence-electron chi connectivity index (χ0n) is 16.2. The number of fused-ring (bicyclic) bond motifs is 1. The Hall–Kier alpha value is -2.81. The van der Waals surface area contributed by atoms with Crippen LogP contribution in [0, 0.1) is 6.92 Å². The van der Waals surface area contributed by atoms with E-state index in [2.05, 4.69) is 15.3 Å². The summed E-state index contributed by atoms with van der Waals surface area (Å²) in [6.45, 7) is 3.07. The SMILES string of the molecule is Cc1ccc2c(Nc3cccc(C(F)(F)F)c3)c(C(=O)N3CCSCC3)cnc2n1. The highest BCUT2D eigenvalue weighted by atomic mass is 32.2. The Balaban J connectivity index is 1.80. The van der Waals surface area contributed by atoms with Crippen molar-refractivity contribution in [2.24, 2.45) is 0 Å². The third-order valence-corrected chi connectivity index (χ3v) is 5.80. The Morgan fingerprint density at radius 3 is 2.67 bits per heavy atom. The molecule has 2 aromatic heterocycles. The quantitative estimate of drug-likeness (QED) is 0.639. The number of halogens is 3. The van der Waals surface area contributed by atoms with E-state index in [1.165, 1.54) is 18.3 Å². The highest BCUT2D eigenvalue weighted by Gasteiger charge is 2.30. The smallest absolute Gasteiger partial charge is 0.354 e. The van der Waals surface area contributed by atoms with Crippen molar-refractivity contribution in [3.8, 4) is 0 Å². The van der Waals surface area contributed by atoms with Crippen molar-refractivity contribution in [2.45, 2.75) is 13.1 Å². The summed E-state index contributed by atoms with van der Waals surface area (Å²) in [6, 6.07) is 8.48. The number of thioether (sulfide) groups is 1. The van der Waals surface area contributed by atoms with Crippen LogP contribution in [0.15, 0.2) is 42.6 Å². The molecule has 9 heteroatoms. The fourth-order valence-corrected chi connectivity index (χ4v) is 4.23. The molecular weight excluding hydrogens is 413 g/mol. The summed E-state index contributed by atoms with van der Waals surface area (Å²) in [5, 5.41) is 3.61. The molecule has 3 heterocycles. The summed E-state index contributed by atoms with van der Waals surface area (Å²) in [7, 11) is 0. The Morgan fingerprint density at radius 2 is 1.93 bits per heavy atom. The molecule has 0 bridgehead atoms. The molecule has 1 aliphatic rings. The molecule has 1 amide bonds. The third kappa shape index (κ3) is 4.21. The zero-order valence-corrected chi connectivity index (χ0v) is 17.0. The number of aromatic nitrogens is 2. The number of pyridine rings is 2. The van der Waals surface area contributed by atoms with Crippen molar-refractivity contribution in [2.75, 3.05) is 29.9 Å². The average Bonchev–Trinajstić information content (AvgIpc) is 2.73. The molecule has 0 unspecified atom stereocenters. The normalized spacial score (nSPS) is 14.7. The number of alkyl halides is 3. The maximum absolute atomic E-state index is 13.2. The number of hydrogen-bond acceptors (Lipinski definition) is 5. The van der Waals surface area contributed by atoms with Crippen LogP contribution >= 0.6 is 11.8 Å². The van der Waals surface area contributed by atoms with Gasteiger partial charge in [0.25, 0.3) is 5.91 Å². The highest BCUT2D eigenvalue weighted by molar-refractivity contribution is 7.99. The molecule has 0 spiro atoms. The number of rotatable bonds is 3. The second kappa shape index (κ2) is 8.14. The monoisotopic (exact) mass is 432 g/mol. The molecule has 0 aliphatic carbocycles. The van der Waals surface area contributed by atoms with Crippen LogP contribution in [0.4, 0.5) is 24.5 Å². The first-order valence-corrected chi connectivity index (χ1v) is 10.6. The van der Waals surface area contributed by atoms with Gasteiger partial charge in [-0.05, 0) is 37.3 Å². The lowest BCUT2D eigenvalue weighted by Gasteiger charge is -2.27. The molecule has 1 N–H and O–H groups in total. The van der Waals surface area contributed by atoms with Crippen LogP contribution in [-0.2, 0) is 6.18 Å². The molecule has 156 valence electrons. The number of anilines is 2. The fraction of sp³-hybridized carbons (Fsp3) is 0.286. The second-order valence-electron chi connectivity index (χ2n) is 6.98. The molecule has 1 aromatic carbocycles. The number of nitrogens with one attached hydrogen (secondary N) is 1. The van der Waals surface area contributed by atoms with Crippen molar-refractivity contribution in [1.82, 2.24) is 14.9 Å². The van der Waals surface area contributed by atoms with Crippen LogP contribution in [0.5, 0.6) is 0 Å². The van der Waals surface area contributed by atoms with Gasteiger partial charge < -0.3 is 10.2 Å². The summed E-state index contributed by atoms with van der Waals surface area (Å²) >= 11 is 1.78. The highest BCUT2D eigenvalue weighted by Crippen LogP contribution is 2.34. The van der Waals surface area contributed by atoms with Gasteiger partial charge in [0.1, 0.15) is 0 Å². The van der Waals surface area contributed by atoms with E-state index in [0.29, 0.717) is 35.4 Å². The van der Waals surface area contributed by atoms with Gasteiger partial charge in [0.15, 0.2) is 5.65 Å². The Bertz CT molecular complexity index is 1100. The molecule has 1 saturated heterocycles. The van der Waals surface area contributed by atoms with Crippen LogP contribution in [-0.4, -0.2) is 45.4 Å². The largest absolute Gasteiger partial charge is 0.416 e. The van der Waals surface area contributed by atoms with Crippen LogP contribution in [0.3, 0.4) is 0 Å². The molecule has 30 heavy (non-hydrogen) atoms. The van der Waals surface area contributed by atoms with E-state index in [-0.39, 0.29) is 11.6 Å². The van der Waals surface area contributed by atoms with Crippen LogP contribution < -0.4 is 5.32 Å². The van der Waals surface area contributed by atoms with E-state index in [9.17, 15) is 18.0 Å². The number of hydrogen-bond donors (Lipinski definition) is 1. The number of carbonyl (C=O) groups excluding carboxylic acids is 1. The van der Waals surface area contributed by atoms with Crippen molar-refractivity contribution in [3.63, 3.8) is 0 Å². The Kier molecular flexibility index (Phi) is 5.55. The van der Waals surface area contributed by atoms with Gasteiger partial charge in [-0.3, -0.25) is 4.79 Å². The maximum Gasteiger partial charge on any atom is 0.416 e. The minimum Gasteiger partial charge on any atom is -0.354 e. The van der Waals surface area contributed by atoms with Crippen molar-refractivity contribution in [1.29, 1.82) is 0 Å². The van der Waals surface area contributed by atoms with Gasteiger partial charge in [-0.1, -0.05) is 6.07 Å². The van der Waals surface area contributed by atoms with E-state index in [4.69, 9.17) is 0 Å². The second-order valence-corrected chi connectivity index (χ2v) is 8.20. The lowest BCUT2D eigenvalue weighted by Crippen LogP contribution is -2.38. The minimum atomic E-state index is -4.46. The number of amides is 1. The maximum atomic E-state index is 13.2. The molecule has 1 fully saturated rings. The Labute approximate surface area is 175 Å². The van der Waals surface area contributed by atoms with Crippen molar-refractivity contribution >= 4 is 40.1 Å². The molecule has 0 saturated carbocycles. The predicted octanol–water partition coefficient (Wildman–Crippen LogP) is 4.89. The van der Waals surface area contributed by atoms with Gasteiger partial charge in [-0.25, -0.2) is 9.97 Å². The predicted molar refractivity (Wildman–Crippen MR) is 112 cm³/mol. The Morgan fingerprint density at radius 1 is 1.17 bits per heavy atom. The van der Waals surface area contributed by atoms with Gasteiger partial charge >= 0.3 is 6.18 Å². The van der Waals surface area contributed by atoms with Gasteiger partial charge in [0.05, 0.1) is 16.8 Å². The summed E-state index contributed by atoms with van der Waals surface area (Å²) in [4.78, 5) is 23.7. The first-order chi connectivity index (χ1) is 14.3. The molecule has 3 aromatic rings. The number of carbonyl (C=O) groups is 1. The topological polar surface area (TPSA) is 58.1 Å². The zero-order chi connectivity index (χ0) is 21.3. The van der Waals surface area contributed by atoms with Crippen molar-refractivity contribution < 1.29 is 18.0 Å². The third-order valence-electron chi connectivity index (χ3n) is 4.86. The number of aryl methyl sites for hydroxylation is 1. The fourth-order valence-electron chi connectivity index (χ4n) is 3.32. The van der Waals surface area contributed by atoms with E-state index in [0.717, 1.165) is 29.3 Å². The van der Waals surface area contributed by atoms with Crippen LogP contribution in [0.1, 0.15) is 21.6 Å². The molecular formula is C21H19F3N4OS. The molecule has 4 rings (SSSR count). The van der Waals surface area contributed by atoms with E-state index >= 15 is 0 Å². The summed E-state index contributed by atoms with van der Waals surface area (Å²) < 4.78 is 39.4. The number of nitrogens with zero attached hydrogens (tertiary/aromatic N) is 3. The first-order valence-electron chi connectivity index (χ1n) is 9.40. The van der Waals surface area contributed by atoms with E-state index in [1.54, 1.807) is 28.8 Å². The molecule has 5 nitrogen and oxygen atoms in total. The first kappa shape index (κ1) is 20.5. The van der Waals surface area contributed by atoms with E-state index < -0.39 is 11.7 Å². The summed E-state index contributed by atoms with van der Waals surface area (Å²) in [5.74, 6) is 1.51. The lowest BCUT2D eigenvalue weighted by atomic mass is 10.1. The van der Waals surface area contributed by atoms with Crippen molar-refractivity contribution in [3.05, 3.63) is 59.4 Å². The summed E-state index contributed by atoms with van der Waals surface area (Å²) in [6.07, 6.45) is -3.00. The molecule has 0 atom stereocenters. The molecule has 0 radical (unpaired) electrons.